The van der Waals surface area contributed by atoms with E-state index in [0.29, 0.717) is 5.92 Å². The molecule has 5 heterocycles. The number of nitrogens with zero attached hydrogens (tertiary/aromatic N) is 6. The number of likely N-dealkylation sites (tertiary alicyclic amines) is 1. The molecule has 0 atom stereocenters. The second-order valence-corrected chi connectivity index (χ2v) is 8.05. The summed E-state index contributed by atoms with van der Waals surface area (Å²) in [5.41, 5.74) is 5.44. The van der Waals surface area contributed by atoms with Gasteiger partial charge < -0.3 is 5.11 Å². The highest BCUT2D eigenvalue weighted by atomic mass is 16.3. The summed E-state index contributed by atoms with van der Waals surface area (Å²) in [5, 5.41) is 18.3. The number of aromatic amines is 1. The molecule has 8 heteroatoms. The predicted octanol–water partition coefficient (Wildman–Crippen LogP) is 2.99. The maximum atomic E-state index is 9.58. The van der Waals surface area contributed by atoms with Crippen molar-refractivity contribution in [3.05, 3.63) is 65.6 Å². The van der Waals surface area contributed by atoms with Crippen LogP contribution in [0, 0.1) is 6.92 Å². The molecular weight excluding hydrogens is 390 g/mol. The molecule has 4 aromatic heterocycles. The molecule has 0 aliphatic carbocycles. The quantitative estimate of drug-likeness (QED) is 0.516. The number of piperidine rings is 1. The molecule has 158 valence electrons. The van der Waals surface area contributed by atoms with Crippen LogP contribution in [-0.4, -0.2) is 53.2 Å². The van der Waals surface area contributed by atoms with Gasteiger partial charge in [0.1, 0.15) is 5.82 Å². The molecule has 1 aliphatic heterocycles. The lowest BCUT2D eigenvalue weighted by Gasteiger charge is -2.30. The Kier molecular flexibility index (Phi) is 5.40. The molecule has 0 radical (unpaired) electrons. The van der Waals surface area contributed by atoms with Gasteiger partial charge in [0.15, 0.2) is 5.65 Å². The number of hydrogen-bond donors (Lipinski definition) is 2. The fraction of sp³-hybridized carbons (Fsp3) is 0.348. The van der Waals surface area contributed by atoms with Gasteiger partial charge in [0.2, 0.25) is 0 Å². The summed E-state index contributed by atoms with van der Waals surface area (Å²) in [4.78, 5) is 20.3. The van der Waals surface area contributed by atoms with Crippen LogP contribution in [0.1, 0.15) is 41.5 Å². The Balaban J connectivity index is 1.25. The van der Waals surface area contributed by atoms with Crippen molar-refractivity contribution in [3.63, 3.8) is 0 Å². The zero-order valence-corrected chi connectivity index (χ0v) is 17.5. The Morgan fingerprint density at radius 1 is 1.16 bits per heavy atom. The third kappa shape index (κ3) is 4.04. The lowest BCUT2D eigenvalue weighted by Crippen LogP contribution is -2.33. The molecular formula is C23H25N7O. The molecule has 0 amide bonds. The van der Waals surface area contributed by atoms with Crippen LogP contribution in [0.25, 0.3) is 22.3 Å². The number of rotatable bonds is 5. The van der Waals surface area contributed by atoms with Gasteiger partial charge in [-0.2, -0.15) is 5.10 Å². The van der Waals surface area contributed by atoms with Crippen LogP contribution in [0.15, 0.2) is 42.9 Å². The average Bonchev–Trinajstić information content (AvgIpc) is 3.30. The number of pyridine rings is 2. The monoisotopic (exact) mass is 415 g/mol. The molecule has 5 rings (SSSR count). The summed E-state index contributed by atoms with van der Waals surface area (Å²) in [6.07, 6.45) is 7.32. The first-order valence-electron chi connectivity index (χ1n) is 10.6. The summed E-state index contributed by atoms with van der Waals surface area (Å²) in [5.74, 6) is 1.27. The van der Waals surface area contributed by atoms with Gasteiger partial charge in [-0.15, -0.1) is 0 Å². The smallest absolute Gasteiger partial charge is 0.163 e. The number of aryl methyl sites for hydroxylation is 1. The number of nitrogens with one attached hydrogen (secondary N) is 1. The van der Waals surface area contributed by atoms with E-state index in [1.165, 1.54) is 0 Å². The van der Waals surface area contributed by atoms with E-state index in [1.807, 2.05) is 25.1 Å². The number of aliphatic hydroxyl groups is 1. The van der Waals surface area contributed by atoms with Crippen LogP contribution < -0.4 is 0 Å². The predicted molar refractivity (Wildman–Crippen MR) is 117 cm³/mol. The molecule has 2 N–H and O–H groups in total. The molecule has 0 aromatic carbocycles. The maximum absolute atomic E-state index is 9.58. The van der Waals surface area contributed by atoms with Gasteiger partial charge >= 0.3 is 0 Å². The van der Waals surface area contributed by atoms with Crippen molar-refractivity contribution >= 4 is 11.0 Å². The normalized spacial score (nSPS) is 15.5. The largest absolute Gasteiger partial charge is 0.392 e. The zero-order chi connectivity index (χ0) is 21.2. The van der Waals surface area contributed by atoms with Crippen molar-refractivity contribution in [1.29, 1.82) is 0 Å². The van der Waals surface area contributed by atoms with Crippen LogP contribution in [0.4, 0.5) is 0 Å². The van der Waals surface area contributed by atoms with Gasteiger partial charge in [0, 0.05) is 41.2 Å². The molecule has 8 nitrogen and oxygen atoms in total. The first kappa shape index (κ1) is 19.7. The Morgan fingerprint density at radius 3 is 2.87 bits per heavy atom. The summed E-state index contributed by atoms with van der Waals surface area (Å²) in [6.45, 7) is 4.70. The van der Waals surface area contributed by atoms with Crippen LogP contribution in [-0.2, 0) is 13.2 Å². The highest BCUT2D eigenvalue weighted by molar-refractivity contribution is 5.76. The van der Waals surface area contributed by atoms with Crippen LogP contribution in [0.3, 0.4) is 0 Å². The van der Waals surface area contributed by atoms with Crippen LogP contribution in [0.5, 0.6) is 0 Å². The lowest BCUT2D eigenvalue weighted by atomic mass is 9.93. The van der Waals surface area contributed by atoms with Crippen molar-refractivity contribution < 1.29 is 5.11 Å². The number of hydrogen-bond acceptors (Lipinski definition) is 7. The first-order chi connectivity index (χ1) is 15.2. The minimum atomic E-state index is -0.0235. The number of H-pyrrole nitrogens is 1. The molecule has 0 spiro atoms. The molecule has 1 aliphatic rings. The first-order valence-corrected chi connectivity index (χ1v) is 10.6. The van der Waals surface area contributed by atoms with Crippen molar-refractivity contribution in [3.8, 4) is 11.3 Å². The Hall–Kier alpha value is -3.23. The highest BCUT2D eigenvalue weighted by Crippen LogP contribution is 2.30. The van der Waals surface area contributed by atoms with E-state index in [-0.39, 0.29) is 6.61 Å². The van der Waals surface area contributed by atoms with E-state index in [9.17, 15) is 5.11 Å². The molecule has 31 heavy (non-hydrogen) atoms. The second-order valence-electron chi connectivity index (χ2n) is 8.05. The average molecular weight is 416 g/mol. The van der Waals surface area contributed by atoms with Crippen molar-refractivity contribution in [1.82, 2.24) is 35.0 Å². The SMILES string of the molecule is Cc1nc(CN2CCC(c3cc(-c4cnccc4CO)n[nH]3)CC2)nc2ncccc12. The van der Waals surface area contributed by atoms with E-state index >= 15 is 0 Å². The maximum Gasteiger partial charge on any atom is 0.163 e. The summed E-state index contributed by atoms with van der Waals surface area (Å²) >= 11 is 0. The number of aromatic nitrogens is 6. The van der Waals surface area contributed by atoms with Gasteiger partial charge in [-0.25, -0.2) is 15.0 Å². The van der Waals surface area contributed by atoms with Gasteiger partial charge in [-0.05, 0) is 62.7 Å². The Labute approximate surface area is 180 Å². The topological polar surface area (TPSA) is 104 Å². The minimum Gasteiger partial charge on any atom is -0.392 e. The summed E-state index contributed by atoms with van der Waals surface area (Å²) in [7, 11) is 0. The second kappa shape index (κ2) is 8.49. The summed E-state index contributed by atoms with van der Waals surface area (Å²) < 4.78 is 0. The van der Waals surface area contributed by atoms with Gasteiger partial charge in [-0.3, -0.25) is 15.0 Å². The Bertz CT molecular complexity index is 1200. The van der Waals surface area contributed by atoms with E-state index in [2.05, 4.69) is 36.1 Å². The fourth-order valence-electron chi connectivity index (χ4n) is 4.32. The molecule has 0 unspecified atom stereocenters. The highest BCUT2D eigenvalue weighted by Gasteiger charge is 2.23. The molecule has 0 bridgehead atoms. The van der Waals surface area contributed by atoms with E-state index < -0.39 is 0 Å². The van der Waals surface area contributed by atoms with Crippen molar-refractivity contribution in [2.45, 2.75) is 38.8 Å². The number of fused-ring (bicyclic) bond motifs is 1. The Morgan fingerprint density at radius 2 is 2.03 bits per heavy atom. The van der Waals surface area contributed by atoms with Gasteiger partial charge in [-0.1, -0.05) is 0 Å². The van der Waals surface area contributed by atoms with E-state index in [1.54, 1.807) is 18.6 Å². The van der Waals surface area contributed by atoms with Crippen LogP contribution in [0.2, 0.25) is 0 Å². The lowest BCUT2D eigenvalue weighted by molar-refractivity contribution is 0.199. The van der Waals surface area contributed by atoms with Crippen molar-refractivity contribution in [2.24, 2.45) is 0 Å². The van der Waals surface area contributed by atoms with Gasteiger partial charge in [0.25, 0.3) is 0 Å². The minimum absolute atomic E-state index is 0.0235. The molecule has 1 saturated heterocycles. The third-order valence-corrected chi connectivity index (χ3v) is 6.06. The van der Waals surface area contributed by atoms with E-state index in [0.717, 1.165) is 77.5 Å². The van der Waals surface area contributed by atoms with Crippen LogP contribution >= 0.6 is 0 Å². The number of aliphatic hydroxyl groups excluding tert-OH is 1. The fourth-order valence-corrected chi connectivity index (χ4v) is 4.32. The summed E-state index contributed by atoms with van der Waals surface area (Å²) in [6, 6.07) is 7.86. The molecule has 1 fully saturated rings. The zero-order valence-electron chi connectivity index (χ0n) is 17.5. The molecule has 0 saturated carbocycles. The molecule has 4 aromatic rings. The third-order valence-electron chi connectivity index (χ3n) is 6.06. The van der Waals surface area contributed by atoms with Gasteiger partial charge in [0.05, 0.1) is 24.5 Å². The van der Waals surface area contributed by atoms with E-state index in [4.69, 9.17) is 4.98 Å². The standard InChI is InChI=1S/C23H25N7O/c1-15-18-3-2-7-25-23(18)27-22(26-15)13-30-9-5-16(6-10-30)20-11-21(29-28-20)19-12-24-8-4-17(19)14-31/h2-4,7-8,11-12,16,31H,5-6,9-10,13-14H2,1H3,(H,28,29). The van der Waals surface area contributed by atoms with Crippen molar-refractivity contribution in [2.75, 3.05) is 13.1 Å².